The summed E-state index contributed by atoms with van der Waals surface area (Å²) < 4.78 is 17.2. The number of nitrogens with zero attached hydrogens (tertiary/aromatic N) is 1. The molecule has 1 aliphatic heterocycles. The van der Waals surface area contributed by atoms with Crippen LogP contribution in [-0.4, -0.2) is 31.2 Å². The average Bonchev–Trinajstić information content (AvgIpc) is 2.71. The fourth-order valence-electron chi connectivity index (χ4n) is 1.69. The number of Topliss-reactive ketones (excluding diaryl/α,β-unsaturated/α-hetero) is 1. The Morgan fingerprint density at radius 2 is 2.12 bits per heavy atom. The molecule has 90 valence electrons. The minimum absolute atomic E-state index is 0.0396. The first-order valence-electron chi connectivity index (χ1n) is 5.27. The molecule has 0 bridgehead atoms. The van der Waals surface area contributed by atoms with Crippen LogP contribution in [-0.2, 0) is 4.74 Å². The van der Waals surface area contributed by atoms with Crippen LogP contribution in [0.3, 0.4) is 0 Å². The zero-order valence-corrected chi connectivity index (χ0v) is 9.35. The lowest BCUT2D eigenvalue weighted by atomic mass is 10.1. The zero-order valence-electron chi connectivity index (χ0n) is 9.35. The normalized spacial score (nSPS) is 19.3. The van der Waals surface area contributed by atoms with Crippen LogP contribution >= 0.6 is 0 Å². The third-order valence-corrected chi connectivity index (χ3v) is 2.63. The smallest absolute Gasteiger partial charge is 0.414 e. The molecule has 2 rings (SSSR count). The van der Waals surface area contributed by atoms with Crippen LogP contribution in [0.5, 0.6) is 0 Å². The molecule has 1 heterocycles. The van der Waals surface area contributed by atoms with Crippen LogP contribution < -0.4 is 4.90 Å². The van der Waals surface area contributed by atoms with Gasteiger partial charge < -0.3 is 4.74 Å². The molecule has 0 aromatic heterocycles. The number of amides is 1. The van der Waals surface area contributed by atoms with Crippen LogP contribution in [0.25, 0.3) is 0 Å². The molecule has 0 aliphatic carbocycles. The first-order chi connectivity index (χ1) is 8.11. The predicted octanol–water partition coefficient (Wildman–Crippen LogP) is 2.18. The number of hydrogen-bond donors (Lipinski definition) is 0. The fraction of sp³-hybridized carbons (Fsp3) is 0.333. The van der Waals surface area contributed by atoms with Gasteiger partial charge in [-0.05, 0) is 31.2 Å². The maximum Gasteiger partial charge on any atom is 0.414 e. The lowest BCUT2D eigenvalue weighted by molar-refractivity contribution is 0.101. The Morgan fingerprint density at radius 3 is 2.59 bits per heavy atom. The van der Waals surface area contributed by atoms with E-state index in [2.05, 4.69) is 0 Å². The van der Waals surface area contributed by atoms with Gasteiger partial charge in [-0.2, -0.15) is 0 Å². The van der Waals surface area contributed by atoms with Gasteiger partial charge in [0.25, 0.3) is 0 Å². The molecule has 1 aliphatic rings. The van der Waals surface area contributed by atoms with E-state index in [1.165, 1.54) is 11.8 Å². The maximum absolute atomic E-state index is 12.4. The summed E-state index contributed by atoms with van der Waals surface area (Å²) in [5, 5.41) is 0. The van der Waals surface area contributed by atoms with E-state index >= 15 is 0 Å². The van der Waals surface area contributed by atoms with Crippen molar-refractivity contribution in [2.45, 2.75) is 13.0 Å². The lowest BCUT2D eigenvalue weighted by Gasteiger charge is -2.12. The Kier molecular flexibility index (Phi) is 3.08. The van der Waals surface area contributed by atoms with E-state index in [0.717, 1.165) is 0 Å². The molecule has 0 saturated carbocycles. The van der Waals surface area contributed by atoms with E-state index in [1.807, 2.05) is 0 Å². The molecule has 5 heteroatoms. The number of benzene rings is 1. The Bertz CT molecular complexity index is 444. The van der Waals surface area contributed by atoms with Crippen molar-refractivity contribution in [1.29, 1.82) is 0 Å². The number of alkyl halides is 1. The topological polar surface area (TPSA) is 46.6 Å². The molecule has 1 aromatic rings. The Balaban J connectivity index is 2.18. The molecule has 0 spiro atoms. The van der Waals surface area contributed by atoms with Gasteiger partial charge in [-0.25, -0.2) is 9.18 Å². The molecule has 1 amide bonds. The van der Waals surface area contributed by atoms with E-state index < -0.39 is 18.9 Å². The summed E-state index contributed by atoms with van der Waals surface area (Å²) in [5.41, 5.74) is 1.18. The lowest BCUT2D eigenvalue weighted by Crippen LogP contribution is -2.24. The summed E-state index contributed by atoms with van der Waals surface area (Å²) in [4.78, 5) is 23.9. The Labute approximate surface area is 98.0 Å². The predicted molar refractivity (Wildman–Crippen MR) is 60.0 cm³/mol. The van der Waals surface area contributed by atoms with Crippen molar-refractivity contribution in [3.8, 4) is 0 Å². The largest absolute Gasteiger partial charge is 0.441 e. The van der Waals surface area contributed by atoms with Crippen molar-refractivity contribution in [1.82, 2.24) is 0 Å². The first-order valence-corrected chi connectivity index (χ1v) is 5.27. The molecule has 1 atom stereocenters. The van der Waals surface area contributed by atoms with Crippen LogP contribution in [0.4, 0.5) is 14.9 Å². The summed E-state index contributed by atoms with van der Waals surface area (Å²) >= 11 is 0. The first kappa shape index (κ1) is 11.6. The number of carbonyl (C=O) groups excluding carboxylic acids is 2. The van der Waals surface area contributed by atoms with E-state index in [9.17, 15) is 14.0 Å². The molecular formula is C12H12FNO3. The van der Waals surface area contributed by atoms with Gasteiger partial charge in [0.1, 0.15) is 12.8 Å². The third kappa shape index (κ3) is 2.27. The van der Waals surface area contributed by atoms with Gasteiger partial charge in [0.05, 0.1) is 6.54 Å². The number of hydrogen-bond acceptors (Lipinski definition) is 3. The minimum Gasteiger partial charge on any atom is -0.441 e. The van der Waals surface area contributed by atoms with Gasteiger partial charge in [0, 0.05) is 11.3 Å². The molecule has 1 unspecified atom stereocenters. The quantitative estimate of drug-likeness (QED) is 0.757. The van der Waals surface area contributed by atoms with Crippen LogP contribution in [0.15, 0.2) is 24.3 Å². The highest BCUT2D eigenvalue weighted by Gasteiger charge is 2.32. The van der Waals surface area contributed by atoms with Gasteiger partial charge in [-0.3, -0.25) is 9.69 Å². The molecular weight excluding hydrogens is 225 g/mol. The second-order valence-corrected chi connectivity index (χ2v) is 3.87. The van der Waals surface area contributed by atoms with E-state index in [1.54, 1.807) is 24.3 Å². The Morgan fingerprint density at radius 1 is 1.47 bits per heavy atom. The van der Waals surface area contributed by atoms with Crippen LogP contribution in [0.1, 0.15) is 17.3 Å². The van der Waals surface area contributed by atoms with Crippen molar-refractivity contribution in [2.24, 2.45) is 0 Å². The van der Waals surface area contributed by atoms with Crippen molar-refractivity contribution in [2.75, 3.05) is 18.1 Å². The van der Waals surface area contributed by atoms with Gasteiger partial charge in [0.15, 0.2) is 5.78 Å². The number of cyclic esters (lactones) is 1. The van der Waals surface area contributed by atoms with Crippen LogP contribution in [0.2, 0.25) is 0 Å². The summed E-state index contributed by atoms with van der Waals surface area (Å²) in [6.07, 6.45) is -1.25. The second kappa shape index (κ2) is 4.53. The van der Waals surface area contributed by atoms with E-state index in [0.29, 0.717) is 11.3 Å². The van der Waals surface area contributed by atoms with Gasteiger partial charge >= 0.3 is 6.09 Å². The summed E-state index contributed by atoms with van der Waals surface area (Å²) in [6.45, 7) is 0.987. The fourth-order valence-corrected chi connectivity index (χ4v) is 1.69. The molecule has 0 radical (unpaired) electrons. The molecule has 1 aromatic carbocycles. The molecule has 17 heavy (non-hydrogen) atoms. The summed E-state index contributed by atoms with van der Waals surface area (Å²) in [5.74, 6) is -0.0396. The second-order valence-electron chi connectivity index (χ2n) is 3.87. The summed E-state index contributed by atoms with van der Waals surface area (Å²) in [7, 11) is 0. The monoisotopic (exact) mass is 237 g/mol. The number of ether oxygens (including phenoxy) is 1. The van der Waals surface area contributed by atoms with Crippen molar-refractivity contribution in [3.63, 3.8) is 0 Å². The molecule has 0 N–H and O–H groups in total. The highest BCUT2D eigenvalue weighted by atomic mass is 19.1. The zero-order chi connectivity index (χ0) is 12.4. The standard InChI is InChI=1S/C12H12FNO3/c1-8(15)9-2-4-10(5-3-9)14-7-11(6-13)17-12(14)16/h2-5,11H,6-7H2,1H3. The number of halogens is 1. The highest BCUT2D eigenvalue weighted by Crippen LogP contribution is 2.22. The maximum atomic E-state index is 12.4. The SMILES string of the molecule is CC(=O)c1ccc(N2CC(CF)OC2=O)cc1. The third-order valence-electron chi connectivity index (χ3n) is 2.63. The number of anilines is 1. The molecule has 1 saturated heterocycles. The highest BCUT2D eigenvalue weighted by molar-refractivity contribution is 5.95. The van der Waals surface area contributed by atoms with E-state index in [-0.39, 0.29) is 12.3 Å². The van der Waals surface area contributed by atoms with Crippen molar-refractivity contribution >= 4 is 17.6 Å². The van der Waals surface area contributed by atoms with Gasteiger partial charge in [-0.1, -0.05) is 0 Å². The number of ketones is 1. The van der Waals surface area contributed by atoms with E-state index in [4.69, 9.17) is 4.74 Å². The molecule has 1 fully saturated rings. The van der Waals surface area contributed by atoms with Gasteiger partial charge in [0.2, 0.25) is 0 Å². The minimum atomic E-state index is -0.699. The molecule has 4 nitrogen and oxygen atoms in total. The van der Waals surface area contributed by atoms with Crippen LogP contribution in [0, 0.1) is 0 Å². The van der Waals surface area contributed by atoms with Crippen molar-refractivity contribution in [3.05, 3.63) is 29.8 Å². The Hall–Kier alpha value is -1.91. The number of rotatable bonds is 3. The number of carbonyl (C=O) groups is 2. The average molecular weight is 237 g/mol. The van der Waals surface area contributed by atoms with Gasteiger partial charge in [-0.15, -0.1) is 0 Å². The summed E-state index contributed by atoms with van der Waals surface area (Å²) in [6, 6.07) is 6.57. The van der Waals surface area contributed by atoms with Crippen molar-refractivity contribution < 1.29 is 18.7 Å².